The van der Waals surface area contributed by atoms with Crippen molar-refractivity contribution < 1.29 is 8.42 Å². The van der Waals surface area contributed by atoms with Crippen LogP contribution in [0, 0.1) is 6.92 Å². The van der Waals surface area contributed by atoms with Crippen molar-refractivity contribution in [1.29, 1.82) is 0 Å². The number of aromatic nitrogens is 2. The summed E-state index contributed by atoms with van der Waals surface area (Å²) in [5, 5.41) is 0.537. The van der Waals surface area contributed by atoms with Crippen molar-refractivity contribution in [1.82, 2.24) is 13.9 Å². The SMILES string of the molecule is CCCn1c(C)cnc1C1CN(S(=O)(=O)c2cc(Cl)ccc2Cl)C1. The lowest BCUT2D eigenvalue weighted by molar-refractivity contribution is 0.250. The van der Waals surface area contributed by atoms with Gasteiger partial charge in [0.15, 0.2) is 0 Å². The van der Waals surface area contributed by atoms with Crippen LogP contribution in [0.2, 0.25) is 10.0 Å². The molecule has 24 heavy (non-hydrogen) atoms. The third-order valence-electron chi connectivity index (χ3n) is 4.26. The van der Waals surface area contributed by atoms with Crippen LogP contribution >= 0.6 is 23.2 Å². The van der Waals surface area contributed by atoms with Gasteiger partial charge in [-0.15, -0.1) is 0 Å². The van der Waals surface area contributed by atoms with Crippen LogP contribution in [0.25, 0.3) is 0 Å². The zero-order valence-corrected chi connectivity index (χ0v) is 15.9. The van der Waals surface area contributed by atoms with Gasteiger partial charge in [0.25, 0.3) is 0 Å². The number of sulfonamides is 1. The molecule has 0 bridgehead atoms. The smallest absolute Gasteiger partial charge is 0.244 e. The highest BCUT2D eigenvalue weighted by Crippen LogP contribution is 2.35. The highest BCUT2D eigenvalue weighted by molar-refractivity contribution is 7.89. The quantitative estimate of drug-likeness (QED) is 0.785. The van der Waals surface area contributed by atoms with Crippen molar-refractivity contribution in [2.24, 2.45) is 0 Å². The minimum Gasteiger partial charge on any atom is -0.332 e. The molecule has 1 aliphatic rings. The molecule has 0 unspecified atom stereocenters. The molecular weight excluding hydrogens is 369 g/mol. The molecule has 3 rings (SSSR count). The van der Waals surface area contributed by atoms with E-state index in [4.69, 9.17) is 23.2 Å². The normalized spacial score (nSPS) is 16.3. The summed E-state index contributed by atoms with van der Waals surface area (Å²) < 4.78 is 29.1. The maximum Gasteiger partial charge on any atom is 0.244 e. The van der Waals surface area contributed by atoms with Crippen LogP contribution in [0.5, 0.6) is 0 Å². The van der Waals surface area contributed by atoms with Crippen molar-refractivity contribution in [3.05, 3.63) is 46.0 Å². The molecule has 8 heteroatoms. The molecule has 1 aliphatic heterocycles. The average molecular weight is 388 g/mol. The van der Waals surface area contributed by atoms with Crippen molar-refractivity contribution in [2.75, 3.05) is 13.1 Å². The van der Waals surface area contributed by atoms with E-state index >= 15 is 0 Å². The largest absolute Gasteiger partial charge is 0.332 e. The third-order valence-corrected chi connectivity index (χ3v) is 6.81. The number of halogens is 2. The average Bonchev–Trinajstić information content (AvgIpc) is 2.82. The lowest BCUT2D eigenvalue weighted by Gasteiger charge is -2.38. The molecule has 130 valence electrons. The number of hydrogen-bond donors (Lipinski definition) is 0. The molecule has 0 N–H and O–H groups in total. The van der Waals surface area contributed by atoms with Gasteiger partial charge in [-0.3, -0.25) is 0 Å². The summed E-state index contributed by atoms with van der Waals surface area (Å²) in [6, 6.07) is 4.48. The molecule has 5 nitrogen and oxygen atoms in total. The van der Waals surface area contributed by atoms with E-state index in [1.807, 2.05) is 13.1 Å². The van der Waals surface area contributed by atoms with Crippen LogP contribution in [0.1, 0.15) is 30.8 Å². The van der Waals surface area contributed by atoms with E-state index in [1.54, 1.807) is 6.07 Å². The third kappa shape index (κ3) is 3.08. The van der Waals surface area contributed by atoms with Crippen molar-refractivity contribution in [3.8, 4) is 0 Å². The van der Waals surface area contributed by atoms with Gasteiger partial charge in [-0.05, 0) is 31.5 Å². The Morgan fingerprint density at radius 1 is 1.29 bits per heavy atom. The first-order valence-corrected chi connectivity index (χ1v) is 10.0. The van der Waals surface area contributed by atoms with Gasteiger partial charge in [0.1, 0.15) is 10.7 Å². The number of imidazole rings is 1. The number of hydrogen-bond acceptors (Lipinski definition) is 3. The van der Waals surface area contributed by atoms with Crippen LogP contribution in [0.4, 0.5) is 0 Å². The predicted molar refractivity (Wildman–Crippen MR) is 95.2 cm³/mol. The topological polar surface area (TPSA) is 55.2 Å². The van der Waals surface area contributed by atoms with Gasteiger partial charge in [-0.25, -0.2) is 13.4 Å². The van der Waals surface area contributed by atoms with E-state index in [-0.39, 0.29) is 15.8 Å². The second kappa shape index (κ2) is 6.67. The number of aryl methyl sites for hydroxylation is 1. The summed E-state index contributed by atoms with van der Waals surface area (Å²) in [6.07, 6.45) is 2.85. The minimum atomic E-state index is -3.63. The number of rotatable bonds is 5. The summed E-state index contributed by atoms with van der Waals surface area (Å²) in [6.45, 7) is 5.84. The van der Waals surface area contributed by atoms with Crippen LogP contribution in [0.3, 0.4) is 0 Å². The highest BCUT2D eigenvalue weighted by Gasteiger charge is 2.40. The van der Waals surface area contributed by atoms with Crippen molar-refractivity contribution in [2.45, 2.75) is 37.6 Å². The monoisotopic (exact) mass is 387 g/mol. The molecule has 1 aromatic heterocycles. The molecule has 0 atom stereocenters. The zero-order valence-electron chi connectivity index (χ0n) is 13.5. The molecule has 0 spiro atoms. The van der Waals surface area contributed by atoms with Crippen LogP contribution in [0.15, 0.2) is 29.3 Å². The van der Waals surface area contributed by atoms with Gasteiger partial charge in [0.05, 0.1) is 5.02 Å². The molecule has 1 aromatic carbocycles. The number of nitrogens with zero attached hydrogens (tertiary/aromatic N) is 3. The molecule has 0 radical (unpaired) electrons. The summed E-state index contributed by atoms with van der Waals surface area (Å²) in [4.78, 5) is 4.53. The predicted octanol–water partition coefficient (Wildman–Crippen LogP) is 3.70. The van der Waals surface area contributed by atoms with E-state index in [0.29, 0.717) is 18.1 Å². The van der Waals surface area contributed by atoms with Crippen LogP contribution in [-0.2, 0) is 16.6 Å². The summed E-state index contributed by atoms with van der Waals surface area (Å²) in [5.74, 6) is 1.07. The van der Waals surface area contributed by atoms with Gasteiger partial charge in [-0.1, -0.05) is 30.1 Å². The lowest BCUT2D eigenvalue weighted by Crippen LogP contribution is -2.49. The van der Waals surface area contributed by atoms with Gasteiger partial charge < -0.3 is 4.57 Å². The maximum absolute atomic E-state index is 12.7. The Labute approximate surface area is 152 Å². The molecule has 1 saturated heterocycles. The Morgan fingerprint density at radius 2 is 2.00 bits per heavy atom. The van der Waals surface area contributed by atoms with Gasteiger partial charge in [0.2, 0.25) is 10.0 Å². The first-order chi connectivity index (χ1) is 11.3. The Morgan fingerprint density at radius 3 is 2.67 bits per heavy atom. The fourth-order valence-corrected chi connectivity index (χ4v) is 5.20. The van der Waals surface area contributed by atoms with Crippen LogP contribution < -0.4 is 0 Å². The summed E-state index contributed by atoms with van der Waals surface area (Å²) in [7, 11) is -3.63. The molecular formula is C16H19Cl2N3O2S. The molecule has 0 saturated carbocycles. The van der Waals surface area contributed by atoms with E-state index in [0.717, 1.165) is 24.5 Å². The molecule has 0 aliphatic carbocycles. The fraction of sp³-hybridized carbons (Fsp3) is 0.438. The second-order valence-corrected chi connectivity index (χ2v) is 8.75. The van der Waals surface area contributed by atoms with E-state index in [2.05, 4.69) is 16.5 Å². The maximum atomic E-state index is 12.7. The Balaban J connectivity index is 1.80. The first-order valence-electron chi connectivity index (χ1n) is 7.81. The van der Waals surface area contributed by atoms with Gasteiger partial charge in [-0.2, -0.15) is 4.31 Å². The molecule has 2 heterocycles. The molecule has 1 fully saturated rings. The van der Waals surface area contributed by atoms with Gasteiger partial charge in [0, 0.05) is 42.5 Å². The standard InChI is InChI=1S/C16H19Cl2N3O2S/c1-3-6-21-11(2)8-19-16(21)12-9-20(10-12)24(22,23)15-7-13(17)4-5-14(15)18/h4-5,7-8,12H,3,6,9-10H2,1-2H3. The number of benzene rings is 1. The first kappa shape index (κ1) is 17.7. The van der Waals surface area contributed by atoms with Crippen LogP contribution in [-0.4, -0.2) is 35.4 Å². The summed E-state index contributed by atoms with van der Waals surface area (Å²) in [5.41, 5.74) is 1.10. The van der Waals surface area contributed by atoms with Crippen molar-refractivity contribution >= 4 is 33.2 Å². The van der Waals surface area contributed by atoms with Crippen molar-refractivity contribution in [3.63, 3.8) is 0 Å². The van der Waals surface area contributed by atoms with Gasteiger partial charge >= 0.3 is 0 Å². The highest BCUT2D eigenvalue weighted by atomic mass is 35.5. The fourth-order valence-electron chi connectivity index (χ4n) is 2.93. The summed E-state index contributed by atoms with van der Waals surface area (Å²) >= 11 is 12.0. The van der Waals surface area contributed by atoms with E-state index in [1.165, 1.54) is 16.4 Å². The van der Waals surface area contributed by atoms with E-state index < -0.39 is 10.0 Å². The molecule has 2 aromatic rings. The van der Waals surface area contributed by atoms with E-state index in [9.17, 15) is 8.42 Å². The lowest BCUT2D eigenvalue weighted by atomic mass is 10.0. The zero-order chi connectivity index (χ0) is 17.5. The Hall–Kier alpha value is -1.08. The Kier molecular flexibility index (Phi) is 4.93. The second-order valence-electron chi connectivity index (χ2n) is 6.00. The Bertz CT molecular complexity index is 858. The minimum absolute atomic E-state index is 0.0585. The molecule has 0 amide bonds.